The van der Waals surface area contributed by atoms with Gasteiger partial charge in [-0.3, -0.25) is 4.79 Å². The lowest BCUT2D eigenvalue weighted by atomic mass is 10.1. The standard InChI is InChI=1S/C19H19ClN4O2/c1-23-7-6-15-17(23)16(19(26)24-8-5-14(25)11-24)10-21-18(15)22-13-4-2-3-12(20)9-13/h2-4,6-7,9-10,14,25H,5,8,11H2,1H3,(H,21,22)/t14-/m1/s1. The van der Waals surface area contributed by atoms with Gasteiger partial charge >= 0.3 is 0 Å². The summed E-state index contributed by atoms with van der Waals surface area (Å²) in [4.78, 5) is 19.1. The molecule has 1 atom stereocenters. The molecule has 7 heteroatoms. The number of anilines is 2. The number of pyridine rings is 1. The maximum atomic E-state index is 12.9. The third kappa shape index (κ3) is 3.02. The fourth-order valence-electron chi connectivity index (χ4n) is 3.37. The number of likely N-dealkylation sites (tertiary alicyclic amines) is 1. The van der Waals surface area contributed by atoms with Crippen LogP contribution in [0.3, 0.4) is 0 Å². The van der Waals surface area contributed by atoms with Crippen molar-refractivity contribution in [3.8, 4) is 0 Å². The molecule has 0 bridgehead atoms. The second kappa shape index (κ2) is 6.63. The number of β-amino-alcohol motifs (C(OH)–C–C–N with tert-alkyl or cyclic N) is 1. The Morgan fingerprint density at radius 1 is 1.38 bits per heavy atom. The highest BCUT2D eigenvalue weighted by Gasteiger charge is 2.27. The third-order valence-electron chi connectivity index (χ3n) is 4.67. The van der Waals surface area contributed by atoms with Gasteiger partial charge in [0.2, 0.25) is 0 Å². The largest absolute Gasteiger partial charge is 0.391 e. The fraction of sp³-hybridized carbons (Fsp3) is 0.263. The molecular weight excluding hydrogens is 352 g/mol. The molecule has 1 amide bonds. The number of hydrogen-bond donors (Lipinski definition) is 2. The van der Waals surface area contributed by atoms with Crippen LogP contribution < -0.4 is 5.32 Å². The second-order valence-corrected chi connectivity index (χ2v) is 6.97. The van der Waals surface area contributed by atoms with Gasteiger partial charge in [-0.05, 0) is 30.7 Å². The van der Waals surface area contributed by atoms with E-state index in [2.05, 4.69) is 10.3 Å². The number of carbonyl (C=O) groups excluding carboxylic acids is 1. The smallest absolute Gasteiger partial charge is 0.257 e. The Hall–Kier alpha value is -2.57. The van der Waals surface area contributed by atoms with Crippen LogP contribution in [-0.2, 0) is 7.05 Å². The summed E-state index contributed by atoms with van der Waals surface area (Å²) in [5.41, 5.74) is 2.19. The number of carbonyl (C=O) groups is 1. The number of nitrogens with zero attached hydrogens (tertiary/aromatic N) is 3. The lowest BCUT2D eigenvalue weighted by Gasteiger charge is -2.17. The number of aliphatic hydroxyl groups is 1. The van der Waals surface area contributed by atoms with Gasteiger partial charge in [0.1, 0.15) is 5.82 Å². The summed E-state index contributed by atoms with van der Waals surface area (Å²) in [6.07, 6.45) is 3.68. The summed E-state index contributed by atoms with van der Waals surface area (Å²) < 4.78 is 1.92. The van der Waals surface area contributed by atoms with E-state index in [1.807, 2.05) is 48.1 Å². The van der Waals surface area contributed by atoms with Gasteiger partial charge in [0.15, 0.2) is 0 Å². The Morgan fingerprint density at radius 2 is 2.23 bits per heavy atom. The van der Waals surface area contributed by atoms with Crippen LogP contribution in [0.4, 0.5) is 11.5 Å². The third-order valence-corrected chi connectivity index (χ3v) is 4.91. The highest BCUT2D eigenvalue weighted by Crippen LogP contribution is 2.29. The quantitative estimate of drug-likeness (QED) is 0.743. The summed E-state index contributed by atoms with van der Waals surface area (Å²) in [5, 5.41) is 14.5. The molecule has 2 aromatic heterocycles. The number of amides is 1. The van der Waals surface area contributed by atoms with E-state index in [0.29, 0.717) is 35.9 Å². The van der Waals surface area contributed by atoms with Crippen molar-refractivity contribution in [3.05, 3.63) is 53.3 Å². The molecule has 1 saturated heterocycles. The van der Waals surface area contributed by atoms with Crippen LogP contribution in [0, 0.1) is 0 Å². The Balaban J connectivity index is 1.73. The number of rotatable bonds is 3. The molecule has 0 aliphatic carbocycles. The SMILES string of the molecule is Cn1ccc2c(Nc3cccc(Cl)c3)ncc(C(=O)N3CC[C@@H](O)C3)c21. The summed E-state index contributed by atoms with van der Waals surface area (Å²) in [6.45, 7) is 0.932. The first-order chi connectivity index (χ1) is 12.5. The van der Waals surface area contributed by atoms with Gasteiger partial charge in [-0.25, -0.2) is 4.98 Å². The molecule has 3 aromatic rings. The Bertz CT molecular complexity index is 985. The highest BCUT2D eigenvalue weighted by molar-refractivity contribution is 6.30. The van der Waals surface area contributed by atoms with Gasteiger partial charge < -0.3 is 19.9 Å². The van der Waals surface area contributed by atoms with Gasteiger partial charge in [-0.1, -0.05) is 17.7 Å². The van der Waals surface area contributed by atoms with Gasteiger partial charge in [-0.2, -0.15) is 0 Å². The number of aliphatic hydroxyl groups excluding tert-OH is 1. The summed E-state index contributed by atoms with van der Waals surface area (Å²) in [5.74, 6) is 0.566. The van der Waals surface area contributed by atoms with E-state index < -0.39 is 6.10 Å². The van der Waals surface area contributed by atoms with E-state index in [1.165, 1.54) is 0 Å². The first-order valence-electron chi connectivity index (χ1n) is 8.47. The van der Waals surface area contributed by atoms with Crippen LogP contribution in [0.2, 0.25) is 5.02 Å². The number of aromatic nitrogens is 2. The molecule has 0 saturated carbocycles. The van der Waals surface area contributed by atoms with Crippen molar-refractivity contribution in [1.82, 2.24) is 14.5 Å². The van der Waals surface area contributed by atoms with E-state index in [9.17, 15) is 9.90 Å². The van der Waals surface area contributed by atoms with Crippen molar-refractivity contribution in [1.29, 1.82) is 0 Å². The summed E-state index contributed by atoms with van der Waals surface area (Å²) in [7, 11) is 1.90. The van der Waals surface area contributed by atoms with Crippen LogP contribution in [0.15, 0.2) is 42.7 Å². The molecule has 4 rings (SSSR count). The van der Waals surface area contributed by atoms with E-state index in [0.717, 1.165) is 16.6 Å². The minimum atomic E-state index is -0.445. The summed E-state index contributed by atoms with van der Waals surface area (Å²) in [6, 6.07) is 9.34. The zero-order valence-corrected chi connectivity index (χ0v) is 15.1. The average molecular weight is 371 g/mol. The Labute approximate surface area is 156 Å². The lowest BCUT2D eigenvalue weighted by molar-refractivity contribution is 0.0766. The molecule has 0 spiro atoms. The minimum absolute atomic E-state index is 0.102. The maximum absolute atomic E-state index is 12.9. The predicted octanol–water partition coefficient (Wildman–Crippen LogP) is 3.18. The zero-order valence-electron chi connectivity index (χ0n) is 14.3. The van der Waals surface area contributed by atoms with E-state index in [1.54, 1.807) is 11.1 Å². The number of hydrogen-bond acceptors (Lipinski definition) is 4. The topological polar surface area (TPSA) is 70.4 Å². The van der Waals surface area contributed by atoms with Crippen LogP contribution in [0.25, 0.3) is 10.9 Å². The molecule has 1 aromatic carbocycles. The van der Waals surface area contributed by atoms with Crippen molar-refractivity contribution < 1.29 is 9.90 Å². The molecule has 134 valence electrons. The van der Waals surface area contributed by atoms with Crippen LogP contribution in [-0.4, -0.2) is 44.7 Å². The number of halogens is 1. The Kier molecular flexibility index (Phi) is 4.30. The van der Waals surface area contributed by atoms with E-state index >= 15 is 0 Å². The molecule has 2 N–H and O–H groups in total. The van der Waals surface area contributed by atoms with Crippen molar-refractivity contribution in [2.45, 2.75) is 12.5 Å². The normalized spacial score (nSPS) is 17.0. The number of nitrogens with one attached hydrogen (secondary N) is 1. The molecule has 3 heterocycles. The first kappa shape index (κ1) is 16.9. The minimum Gasteiger partial charge on any atom is -0.391 e. The van der Waals surface area contributed by atoms with Crippen LogP contribution in [0.5, 0.6) is 0 Å². The number of fused-ring (bicyclic) bond motifs is 1. The summed E-state index contributed by atoms with van der Waals surface area (Å²) >= 11 is 6.05. The van der Waals surface area contributed by atoms with Crippen molar-refractivity contribution in [3.63, 3.8) is 0 Å². The van der Waals surface area contributed by atoms with Gasteiger partial charge in [-0.15, -0.1) is 0 Å². The Morgan fingerprint density at radius 3 is 2.96 bits per heavy atom. The molecule has 6 nitrogen and oxygen atoms in total. The van der Waals surface area contributed by atoms with E-state index in [-0.39, 0.29) is 5.91 Å². The zero-order chi connectivity index (χ0) is 18.3. The van der Waals surface area contributed by atoms with Gasteiger partial charge in [0.25, 0.3) is 5.91 Å². The molecule has 1 fully saturated rings. The van der Waals surface area contributed by atoms with Crippen LogP contribution in [0.1, 0.15) is 16.8 Å². The molecule has 1 aliphatic heterocycles. The van der Waals surface area contributed by atoms with Crippen LogP contribution >= 0.6 is 11.6 Å². The highest BCUT2D eigenvalue weighted by atomic mass is 35.5. The molecule has 0 unspecified atom stereocenters. The molecular formula is C19H19ClN4O2. The van der Waals surface area contributed by atoms with Crippen molar-refractivity contribution >= 4 is 39.9 Å². The lowest BCUT2D eigenvalue weighted by Crippen LogP contribution is -2.30. The monoisotopic (exact) mass is 370 g/mol. The maximum Gasteiger partial charge on any atom is 0.257 e. The number of benzene rings is 1. The molecule has 1 aliphatic rings. The van der Waals surface area contributed by atoms with Gasteiger partial charge in [0.05, 0.1) is 17.2 Å². The second-order valence-electron chi connectivity index (χ2n) is 6.54. The van der Waals surface area contributed by atoms with Gasteiger partial charge in [0, 0.05) is 48.6 Å². The van der Waals surface area contributed by atoms with Crippen molar-refractivity contribution in [2.75, 3.05) is 18.4 Å². The fourth-order valence-corrected chi connectivity index (χ4v) is 3.56. The first-order valence-corrected chi connectivity index (χ1v) is 8.84. The average Bonchev–Trinajstić information content (AvgIpc) is 3.22. The van der Waals surface area contributed by atoms with E-state index in [4.69, 9.17) is 11.6 Å². The predicted molar refractivity (Wildman–Crippen MR) is 102 cm³/mol. The molecule has 0 radical (unpaired) electrons. The van der Waals surface area contributed by atoms with Crippen molar-refractivity contribution in [2.24, 2.45) is 7.05 Å². The molecule has 26 heavy (non-hydrogen) atoms. The number of aryl methyl sites for hydroxylation is 1.